The van der Waals surface area contributed by atoms with Gasteiger partial charge in [-0.15, -0.1) is 11.6 Å². The fraction of sp³-hybridized carbons (Fsp3) is 0.300. The molecule has 0 aliphatic rings. The maximum atomic E-state index is 11.6. The van der Waals surface area contributed by atoms with Crippen molar-refractivity contribution in [1.29, 1.82) is 0 Å². The van der Waals surface area contributed by atoms with Crippen molar-refractivity contribution in [3.8, 4) is 0 Å². The zero-order valence-corrected chi connectivity index (χ0v) is 9.97. The number of alkyl halides is 1. The maximum Gasteiger partial charge on any atom is 0.180 e. The first kappa shape index (κ1) is 11.7. The molecule has 0 aliphatic carbocycles. The molecule has 0 aliphatic heterocycles. The Morgan fingerprint density at radius 3 is 2.79 bits per heavy atom. The molecule has 1 unspecified atom stereocenters. The summed E-state index contributed by atoms with van der Waals surface area (Å²) >= 11 is 8.96. The van der Waals surface area contributed by atoms with E-state index in [0.717, 1.165) is 4.47 Å². The van der Waals surface area contributed by atoms with E-state index in [1.54, 1.807) is 25.1 Å². The minimum absolute atomic E-state index is 0.155. The summed E-state index contributed by atoms with van der Waals surface area (Å²) in [5.41, 5.74) is 1.08. The summed E-state index contributed by atoms with van der Waals surface area (Å²) < 4.78 is 0.801. The van der Waals surface area contributed by atoms with Crippen LogP contribution in [-0.2, 0) is 6.61 Å². The standard InChI is InChI=1S/C10H10BrClO2/c1-6(12)10(14)9-4-8(11)3-2-7(9)5-13/h2-4,6,13H,5H2,1H3. The Labute approximate surface area is 96.0 Å². The van der Waals surface area contributed by atoms with Crippen LogP contribution < -0.4 is 0 Å². The Morgan fingerprint density at radius 1 is 1.64 bits per heavy atom. The molecule has 0 bridgehead atoms. The fourth-order valence-corrected chi connectivity index (χ4v) is 1.61. The lowest BCUT2D eigenvalue weighted by Crippen LogP contribution is -2.13. The molecule has 0 radical (unpaired) electrons. The molecule has 14 heavy (non-hydrogen) atoms. The van der Waals surface area contributed by atoms with Gasteiger partial charge in [0, 0.05) is 10.0 Å². The van der Waals surface area contributed by atoms with E-state index < -0.39 is 5.38 Å². The van der Waals surface area contributed by atoms with Gasteiger partial charge in [-0.1, -0.05) is 22.0 Å². The number of carbonyl (C=O) groups is 1. The van der Waals surface area contributed by atoms with Gasteiger partial charge in [-0.25, -0.2) is 0 Å². The van der Waals surface area contributed by atoms with Crippen LogP contribution in [0.3, 0.4) is 0 Å². The van der Waals surface area contributed by atoms with Crippen molar-refractivity contribution in [2.24, 2.45) is 0 Å². The van der Waals surface area contributed by atoms with E-state index in [0.29, 0.717) is 11.1 Å². The summed E-state index contributed by atoms with van der Waals surface area (Å²) in [5, 5.41) is 8.45. The van der Waals surface area contributed by atoms with Crippen LogP contribution in [-0.4, -0.2) is 16.3 Å². The molecule has 4 heteroatoms. The molecule has 1 rings (SSSR count). The number of carbonyl (C=O) groups excluding carboxylic acids is 1. The summed E-state index contributed by atoms with van der Waals surface area (Å²) in [6.45, 7) is 1.46. The monoisotopic (exact) mass is 276 g/mol. The van der Waals surface area contributed by atoms with Crippen LogP contribution in [0.2, 0.25) is 0 Å². The van der Waals surface area contributed by atoms with Crippen molar-refractivity contribution in [2.45, 2.75) is 18.9 Å². The average Bonchev–Trinajstić information content (AvgIpc) is 2.16. The number of ketones is 1. The van der Waals surface area contributed by atoms with Crippen LogP contribution in [0.1, 0.15) is 22.8 Å². The van der Waals surface area contributed by atoms with E-state index in [9.17, 15) is 4.79 Å². The number of rotatable bonds is 3. The van der Waals surface area contributed by atoms with Gasteiger partial charge < -0.3 is 5.11 Å². The highest BCUT2D eigenvalue weighted by atomic mass is 79.9. The molecule has 1 aromatic rings. The van der Waals surface area contributed by atoms with Crippen molar-refractivity contribution in [2.75, 3.05) is 0 Å². The third-order valence-electron chi connectivity index (χ3n) is 1.87. The van der Waals surface area contributed by atoms with E-state index in [-0.39, 0.29) is 12.4 Å². The van der Waals surface area contributed by atoms with E-state index in [1.807, 2.05) is 0 Å². The molecule has 0 amide bonds. The Balaban J connectivity index is 3.17. The molecule has 0 saturated heterocycles. The van der Waals surface area contributed by atoms with Gasteiger partial charge in [0.05, 0.1) is 12.0 Å². The van der Waals surface area contributed by atoms with Crippen LogP contribution in [0.5, 0.6) is 0 Å². The number of benzene rings is 1. The molecular weight excluding hydrogens is 267 g/mol. The van der Waals surface area contributed by atoms with Crippen molar-refractivity contribution in [3.05, 3.63) is 33.8 Å². The molecule has 76 valence electrons. The van der Waals surface area contributed by atoms with Crippen molar-refractivity contribution >= 4 is 33.3 Å². The smallest absolute Gasteiger partial charge is 0.180 e. The molecule has 0 fully saturated rings. The lowest BCUT2D eigenvalue weighted by Gasteiger charge is -2.08. The Hall–Kier alpha value is -0.380. The van der Waals surface area contributed by atoms with Crippen molar-refractivity contribution < 1.29 is 9.90 Å². The molecule has 1 atom stereocenters. The maximum absolute atomic E-state index is 11.6. The van der Waals surface area contributed by atoms with Gasteiger partial charge in [-0.3, -0.25) is 4.79 Å². The first-order valence-electron chi connectivity index (χ1n) is 4.14. The number of halogens is 2. The van der Waals surface area contributed by atoms with Crippen molar-refractivity contribution in [1.82, 2.24) is 0 Å². The third kappa shape index (κ3) is 2.56. The van der Waals surface area contributed by atoms with Crippen LogP contribution in [0, 0.1) is 0 Å². The topological polar surface area (TPSA) is 37.3 Å². The van der Waals surface area contributed by atoms with Gasteiger partial charge in [0.2, 0.25) is 0 Å². The Kier molecular flexibility index (Phi) is 4.11. The summed E-state index contributed by atoms with van der Waals surface area (Å²) in [5.74, 6) is -0.169. The zero-order chi connectivity index (χ0) is 10.7. The molecule has 1 aromatic carbocycles. The molecule has 0 saturated carbocycles. The van der Waals surface area contributed by atoms with Gasteiger partial charge in [-0.05, 0) is 24.6 Å². The molecule has 2 nitrogen and oxygen atoms in total. The molecule has 1 N–H and O–H groups in total. The van der Waals surface area contributed by atoms with E-state index in [4.69, 9.17) is 16.7 Å². The van der Waals surface area contributed by atoms with Crippen molar-refractivity contribution in [3.63, 3.8) is 0 Å². The first-order valence-corrected chi connectivity index (χ1v) is 5.36. The number of Topliss-reactive ketones (excluding diaryl/α,β-unsaturated/α-hetero) is 1. The molecule has 0 spiro atoms. The number of aliphatic hydroxyl groups excluding tert-OH is 1. The number of hydrogen-bond acceptors (Lipinski definition) is 2. The highest BCUT2D eigenvalue weighted by Gasteiger charge is 2.16. The third-order valence-corrected chi connectivity index (χ3v) is 2.56. The Bertz CT molecular complexity index is 350. The largest absolute Gasteiger partial charge is 0.392 e. The molecule has 0 heterocycles. The number of hydrogen-bond donors (Lipinski definition) is 1. The Morgan fingerprint density at radius 2 is 2.29 bits per heavy atom. The minimum Gasteiger partial charge on any atom is -0.392 e. The highest BCUT2D eigenvalue weighted by molar-refractivity contribution is 9.10. The summed E-state index contributed by atoms with van der Waals surface area (Å²) in [7, 11) is 0. The van der Waals surface area contributed by atoms with E-state index in [1.165, 1.54) is 0 Å². The SMILES string of the molecule is CC(Cl)C(=O)c1cc(Br)ccc1CO. The van der Waals surface area contributed by atoms with Gasteiger partial charge in [-0.2, -0.15) is 0 Å². The van der Waals surface area contributed by atoms with E-state index >= 15 is 0 Å². The second-order valence-electron chi connectivity index (χ2n) is 2.94. The second-order valence-corrected chi connectivity index (χ2v) is 4.51. The molecular formula is C10H10BrClO2. The lowest BCUT2D eigenvalue weighted by molar-refractivity contribution is 0.0988. The van der Waals surface area contributed by atoms with Crippen LogP contribution >= 0.6 is 27.5 Å². The van der Waals surface area contributed by atoms with Crippen LogP contribution in [0.4, 0.5) is 0 Å². The number of aliphatic hydroxyl groups is 1. The minimum atomic E-state index is -0.574. The van der Waals surface area contributed by atoms with E-state index in [2.05, 4.69) is 15.9 Å². The fourth-order valence-electron chi connectivity index (χ4n) is 1.13. The predicted octanol–water partition coefficient (Wildman–Crippen LogP) is 2.75. The predicted molar refractivity (Wildman–Crippen MR) is 59.7 cm³/mol. The van der Waals surface area contributed by atoms with Gasteiger partial charge in [0.1, 0.15) is 0 Å². The van der Waals surface area contributed by atoms with Crippen LogP contribution in [0.15, 0.2) is 22.7 Å². The normalized spacial score (nSPS) is 12.6. The highest BCUT2D eigenvalue weighted by Crippen LogP contribution is 2.19. The zero-order valence-electron chi connectivity index (χ0n) is 7.63. The van der Waals surface area contributed by atoms with Gasteiger partial charge >= 0.3 is 0 Å². The molecule has 0 aromatic heterocycles. The van der Waals surface area contributed by atoms with Gasteiger partial charge in [0.15, 0.2) is 5.78 Å². The second kappa shape index (κ2) is 4.91. The summed E-state index contributed by atoms with van der Waals surface area (Å²) in [6, 6.07) is 5.16. The lowest BCUT2D eigenvalue weighted by atomic mass is 10.0. The summed E-state index contributed by atoms with van der Waals surface area (Å²) in [6.07, 6.45) is 0. The average molecular weight is 278 g/mol. The summed E-state index contributed by atoms with van der Waals surface area (Å²) in [4.78, 5) is 11.6. The first-order chi connectivity index (χ1) is 6.56. The van der Waals surface area contributed by atoms with Gasteiger partial charge in [0.25, 0.3) is 0 Å². The van der Waals surface area contributed by atoms with Crippen LogP contribution in [0.25, 0.3) is 0 Å². The quantitative estimate of drug-likeness (QED) is 0.681.